The van der Waals surface area contributed by atoms with E-state index in [9.17, 15) is 18.0 Å². The van der Waals surface area contributed by atoms with Gasteiger partial charge < -0.3 is 10.2 Å². The molecule has 7 nitrogen and oxygen atoms in total. The zero-order valence-corrected chi connectivity index (χ0v) is 26.2. The molecule has 1 unspecified atom stereocenters. The van der Waals surface area contributed by atoms with Gasteiger partial charge >= 0.3 is 0 Å². The fraction of sp³-hybridized carbons (Fsp3) is 0.212. The third-order valence-corrected chi connectivity index (χ3v) is 9.30. The number of hydrogen-bond donors (Lipinski definition) is 1. The average Bonchev–Trinajstić information content (AvgIpc) is 2.99. The largest absolute Gasteiger partial charge is 0.355 e. The maximum Gasteiger partial charge on any atom is 0.264 e. The third-order valence-electron chi connectivity index (χ3n) is 6.90. The Hall–Kier alpha value is -3.85. The average molecular weight is 639 g/mol. The lowest BCUT2D eigenvalue weighted by atomic mass is 10.0. The number of amides is 2. The van der Waals surface area contributed by atoms with E-state index in [2.05, 4.69) is 5.32 Å². The van der Waals surface area contributed by atoms with Crippen molar-refractivity contribution in [2.75, 3.05) is 17.4 Å². The number of benzene rings is 4. The molecule has 0 aliphatic rings. The third kappa shape index (κ3) is 8.16. The van der Waals surface area contributed by atoms with Gasteiger partial charge in [-0.15, -0.1) is 0 Å². The molecule has 0 aliphatic carbocycles. The highest BCUT2D eigenvalue weighted by molar-refractivity contribution is 7.92. The van der Waals surface area contributed by atoms with E-state index in [4.69, 9.17) is 23.2 Å². The molecule has 4 rings (SSSR count). The Labute approximate surface area is 263 Å². The van der Waals surface area contributed by atoms with Crippen molar-refractivity contribution in [1.82, 2.24) is 10.2 Å². The van der Waals surface area contributed by atoms with Crippen molar-refractivity contribution in [3.63, 3.8) is 0 Å². The van der Waals surface area contributed by atoms with Gasteiger partial charge in [-0.3, -0.25) is 13.9 Å². The zero-order valence-electron chi connectivity index (χ0n) is 23.9. The lowest BCUT2D eigenvalue weighted by molar-refractivity contribution is -0.140. The molecule has 43 heavy (non-hydrogen) atoms. The second kappa shape index (κ2) is 14.6. The molecular weight excluding hydrogens is 605 g/mol. The maximum absolute atomic E-state index is 14.4. The Morgan fingerprint density at radius 1 is 0.860 bits per heavy atom. The molecule has 0 bridgehead atoms. The number of anilines is 1. The van der Waals surface area contributed by atoms with Crippen LogP contribution in [0.3, 0.4) is 0 Å². The number of carbonyl (C=O) groups excluding carboxylic acids is 2. The number of hydrogen-bond acceptors (Lipinski definition) is 4. The standard InChI is InChI=1S/C33H33Cl2N3O4S/c1-3-36-33(40)31(20-25-10-5-4-6-11-25)37(22-26-12-7-8-15-30(26)35)32(39)23-38(28-14-9-13-27(34)21-28)43(41,42)29-18-16-24(2)17-19-29/h4-19,21,31H,3,20,22-23H2,1-2H3,(H,36,40). The Morgan fingerprint density at radius 2 is 1.53 bits per heavy atom. The minimum Gasteiger partial charge on any atom is -0.355 e. The molecule has 0 saturated carbocycles. The molecule has 10 heteroatoms. The van der Waals surface area contributed by atoms with Gasteiger partial charge in [0.25, 0.3) is 10.0 Å². The first-order chi connectivity index (χ1) is 20.6. The number of aryl methyl sites for hydroxylation is 1. The minimum atomic E-state index is -4.21. The van der Waals surface area contributed by atoms with Gasteiger partial charge in [0, 0.05) is 29.6 Å². The molecule has 0 fully saturated rings. The van der Waals surface area contributed by atoms with Crippen LogP contribution in [0.4, 0.5) is 5.69 Å². The molecule has 0 aromatic heterocycles. The monoisotopic (exact) mass is 637 g/mol. The summed E-state index contributed by atoms with van der Waals surface area (Å²) in [6, 6.07) is 28.2. The van der Waals surface area contributed by atoms with Crippen LogP contribution < -0.4 is 9.62 Å². The Morgan fingerprint density at radius 3 is 2.19 bits per heavy atom. The number of nitrogens with zero attached hydrogens (tertiary/aromatic N) is 2. The summed E-state index contributed by atoms with van der Waals surface area (Å²) < 4.78 is 29.1. The van der Waals surface area contributed by atoms with Crippen LogP contribution in [0.1, 0.15) is 23.6 Å². The number of halogens is 2. The van der Waals surface area contributed by atoms with E-state index in [1.807, 2.05) is 37.3 Å². The van der Waals surface area contributed by atoms with Crippen molar-refractivity contribution in [2.24, 2.45) is 0 Å². The summed E-state index contributed by atoms with van der Waals surface area (Å²) in [5.74, 6) is -0.940. The van der Waals surface area contributed by atoms with Crippen LogP contribution >= 0.6 is 23.2 Å². The van der Waals surface area contributed by atoms with Gasteiger partial charge in [0.15, 0.2) is 0 Å². The van der Waals surface area contributed by atoms with Gasteiger partial charge in [-0.2, -0.15) is 0 Å². The quantitative estimate of drug-likeness (QED) is 0.198. The van der Waals surface area contributed by atoms with Crippen LogP contribution in [-0.2, 0) is 32.6 Å². The second-order valence-corrected chi connectivity index (χ2v) is 12.7. The number of rotatable bonds is 12. The molecule has 1 N–H and O–H groups in total. The minimum absolute atomic E-state index is 0.0128. The fourth-order valence-electron chi connectivity index (χ4n) is 4.65. The molecule has 0 saturated heterocycles. The molecule has 224 valence electrons. The molecule has 0 aliphatic heterocycles. The summed E-state index contributed by atoms with van der Waals surface area (Å²) in [5.41, 5.74) is 2.57. The first-order valence-corrected chi connectivity index (χ1v) is 16.0. The topological polar surface area (TPSA) is 86.8 Å². The van der Waals surface area contributed by atoms with E-state index in [0.29, 0.717) is 22.2 Å². The predicted molar refractivity (Wildman–Crippen MR) is 172 cm³/mol. The molecule has 4 aromatic rings. The van der Waals surface area contributed by atoms with Gasteiger partial charge in [0.05, 0.1) is 10.6 Å². The number of sulfonamides is 1. The Balaban J connectivity index is 1.80. The number of nitrogens with one attached hydrogen (secondary N) is 1. The Kier molecular flexibility index (Phi) is 10.9. The highest BCUT2D eigenvalue weighted by Crippen LogP contribution is 2.28. The van der Waals surface area contributed by atoms with Crippen molar-refractivity contribution >= 4 is 50.7 Å². The number of likely N-dealkylation sites (N-methyl/N-ethyl adjacent to an activating group) is 1. The maximum atomic E-state index is 14.4. The molecule has 4 aromatic carbocycles. The normalized spacial score (nSPS) is 11.9. The van der Waals surface area contributed by atoms with E-state index >= 15 is 0 Å². The highest BCUT2D eigenvalue weighted by Gasteiger charge is 2.34. The van der Waals surface area contributed by atoms with Crippen molar-refractivity contribution in [2.45, 2.75) is 37.8 Å². The van der Waals surface area contributed by atoms with E-state index in [1.165, 1.54) is 23.1 Å². The summed E-state index contributed by atoms with van der Waals surface area (Å²) in [4.78, 5) is 29.3. The van der Waals surface area contributed by atoms with E-state index in [-0.39, 0.29) is 29.5 Å². The van der Waals surface area contributed by atoms with E-state index < -0.39 is 28.5 Å². The summed E-state index contributed by atoms with van der Waals surface area (Å²) in [6.07, 6.45) is 0.213. The molecular formula is C33H33Cl2N3O4S. The summed E-state index contributed by atoms with van der Waals surface area (Å²) in [6.45, 7) is 3.42. The first-order valence-electron chi connectivity index (χ1n) is 13.8. The lowest BCUT2D eigenvalue weighted by Crippen LogP contribution is -2.53. The van der Waals surface area contributed by atoms with Gasteiger partial charge in [-0.1, -0.05) is 95.5 Å². The van der Waals surface area contributed by atoms with Crippen LogP contribution in [0.5, 0.6) is 0 Å². The van der Waals surface area contributed by atoms with Gasteiger partial charge in [-0.05, 0) is 61.4 Å². The van der Waals surface area contributed by atoms with E-state index in [1.54, 1.807) is 61.5 Å². The zero-order chi connectivity index (χ0) is 31.0. The number of carbonyl (C=O) groups is 2. The smallest absolute Gasteiger partial charge is 0.264 e. The fourth-order valence-corrected chi connectivity index (χ4v) is 6.44. The summed E-state index contributed by atoms with van der Waals surface area (Å²) in [7, 11) is -4.21. The molecule has 0 heterocycles. The molecule has 2 amide bonds. The summed E-state index contributed by atoms with van der Waals surface area (Å²) >= 11 is 12.8. The van der Waals surface area contributed by atoms with Crippen LogP contribution in [0, 0.1) is 6.92 Å². The summed E-state index contributed by atoms with van der Waals surface area (Å²) in [5, 5.41) is 3.58. The van der Waals surface area contributed by atoms with Crippen molar-refractivity contribution in [1.29, 1.82) is 0 Å². The van der Waals surface area contributed by atoms with E-state index in [0.717, 1.165) is 15.4 Å². The van der Waals surface area contributed by atoms with Crippen molar-refractivity contribution in [3.8, 4) is 0 Å². The van der Waals surface area contributed by atoms with Gasteiger partial charge in [-0.25, -0.2) is 8.42 Å². The molecule has 0 spiro atoms. The van der Waals surface area contributed by atoms with Gasteiger partial charge in [0.2, 0.25) is 11.8 Å². The van der Waals surface area contributed by atoms with Gasteiger partial charge in [0.1, 0.15) is 12.6 Å². The lowest BCUT2D eigenvalue weighted by Gasteiger charge is -2.34. The van der Waals surface area contributed by atoms with Crippen LogP contribution in [0.15, 0.2) is 108 Å². The SMILES string of the molecule is CCNC(=O)C(Cc1ccccc1)N(Cc1ccccc1Cl)C(=O)CN(c1cccc(Cl)c1)S(=O)(=O)c1ccc(C)cc1. The van der Waals surface area contributed by atoms with Crippen LogP contribution in [0.2, 0.25) is 10.0 Å². The Bertz CT molecular complexity index is 1670. The van der Waals surface area contributed by atoms with Crippen LogP contribution in [-0.4, -0.2) is 44.3 Å². The van der Waals surface area contributed by atoms with Crippen molar-refractivity contribution in [3.05, 3.63) is 130 Å². The highest BCUT2D eigenvalue weighted by atomic mass is 35.5. The molecule has 1 atom stereocenters. The second-order valence-electron chi connectivity index (χ2n) is 10.0. The predicted octanol–water partition coefficient (Wildman–Crippen LogP) is 6.27. The van der Waals surface area contributed by atoms with Crippen molar-refractivity contribution < 1.29 is 18.0 Å². The van der Waals surface area contributed by atoms with Crippen LogP contribution in [0.25, 0.3) is 0 Å². The first kappa shape index (κ1) is 32.1. The molecule has 0 radical (unpaired) electrons.